The molecule has 0 bridgehead atoms. The van der Waals surface area contributed by atoms with Gasteiger partial charge in [0.15, 0.2) is 0 Å². The Kier molecular flexibility index (Phi) is 4.81. The summed E-state index contributed by atoms with van der Waals surface area (Å²) in [6.07, 6.45) is 1.92. The van der Waals surface area contributed by atoms with Gasteiger partial charge in [0.05, 0.1) is 13.5 Å². The number of carbonyl (C=O) groups excluding carboxylic acids is 1. The molecule has 0 fully saturated rings. The summed E-state index contributed by atoms with van der Waals surface area (Å²) in [5.74, 6) is -0.148. The largest absolute Gasteiger partial charge is 0.497 e. The summed E-state index contributed by atoms with van der Waals surface area (Å²) < 4.78 is 5.19. The van der Waals surface area contributed by atoms with Crippen LogP contribution in [0.25, 0.3) is 5.57 Å². The number of urea groups is 1. The molecule has 0 aliphatic carbocycles. The Bertz CT molecular complexity index is 569. The molecule has 112 valence electrons. The second-order valence-electron chi connectivity index (χ2n) is 4.72. The number of benzene rings is 1. The van der Waals surface area contributed by atoms with Crippen molar-refractivity contribution in [1.82, 2.24) is 10.2 Å². The van der Waals surface area contributed by atoms with Crippen molar-refractivity contribution >= 4 is 17.6 Å². The van der Waals surface area contributed by atoms with Crippen LogP contribution in [0, 0.1) is 0 Å². The maximum Gasteiger partial charge on any atom is 0.317 e. The van der Waals surface area contributed by atoms with Crippen LogP contribution in [0.15, 0.2) is 30.3 Å². The first-order valence-electron chi connectivity index (χ1n) is 6.68. The van der Waals surface area contributed by atoms with Crippen LogP contribution >= 0.6 is 0 Å². The number of carboxylic acid groups (broad SMARTS) is 1. The van der Waals surface area contributed by atoms with Crippen LogP contribution in [0.1, 0.15) is 12.0 Å². The van der Waals surface area contributed by atoms with E-state index in [9.17, 15) is 9.59 Å². The fourth-order valence-corrected chi connectivity index (χ4v) is 2.13. The monoisotopic (exact) mass is 290 g/mol. The van der Waals surface area contributed by atoms with Crippen molar-refractivity contribution in [3.05, 3.63) is 35.9 Å². The number of rotatable bonds is 5. The minimum atomic E-state index is -0.924. The highest BCUT2D eigenvalue weighted by Gasteiger charge is 2.20. The molecule has 1 aromatic rings. The zero-order valence-electron chi connectivity index (χ0n) is 11.8. The molecular weight excluding hydrogens is 272 g/mol. The number of nitrogens with zero attached hydrogens (tertiary/aromatic N) is 1. The Labute approximate surface area is 123 Å². The smallest absolute Gasteiger partial charge is 0.317 e. The van der Waals surface area contributed by atoms with E-state index in [1.165, 1.54) is 0 Å². The van der Waals surface area contributed by atoms with E-state index >= 15 is 0 Å². The summed E-state index contributed by atoms with van der Waals surface area (Å²) in [6.45, 7) is 1.16. The van der Waals surface area contributed by atoms with Crippen molar-refractivity contribution in [2.45, 2.75) is 6.42 Å². The molecule has 1 heterocycles. The van der Waals surface area contributed by atoms with Crippen LogP contribution in [-0.2, 0) is 4.79 Å². The molecule has 0 saturated heterocycles. The number of amides is 2. The summed E-state index contributed by atoms with van der Waals surface area (Å²) in [7, 11) is 1.62. The third kappa shape index (κ3) is 3.98. The van der Waals surface area contributed by atoms with E-state index in [1.807, 2.05) is 30.3 Å². The SMILES string of the molecule is COc1cccc(C2=CCN(C(=O)NCCC(=O)O)C2)c1. The van der Waals surface area contributed by atoms with Crippen LogP contribution in [0.3, 0.4) is 0 Å². The molecular formula is C15H18N2O4. The van der Waals surface area contributed by atoms with Crippen LogP contribution in [-0.4, -0.2) is 48.8 Å². The maximum absolute atomic E-state index is 11.9. The number of hydrogen-bond acceptors (Lipinski definition) is 3. The molecule has 0 atom stereocenters. The molecule has 0 spiro atoms. The lowest BCUT2D eigenvalue weighted by Gasteiger charge is -2.17. The van der Waals surface area contributed by atoms with Gasteiger partial charge in [-0.15, -0.1) is 0 Å². The lowest BCUT2D eigenvalue weighted by Crippen LogP contribution is -2.39. The van der Waals surface area contributed by atoms with Gasteiger partial charge in [-0.25, -0.2) is 4.79 Å². The van der Waals surface area contributed by atoms with Crippen LogP contribution < -0.4 is 10.1 Å². The van der Waals surface area contributed by atoms with Gasteiger partial charge in [0, 0.05) is 19.6 Å². The van der Waals surface area contributed by atoms with Gasteiger partial charge in [0.1, 0.15) is 5.75 Å². The summed E-state index contributed by atoms with van der Waals surface area (Å²) in [4.78, 5) is 23.9. The van der Waals surface area contributed by atoms with E-state index < -0.39 is 5.97 Å². The minimum Gasteiger partial charge on any atom is -0.497 e. The summed E-state index contributed by atoms with van der Waals surface area (Å²) in [5.41, 5.74) is 2.08. The average molecular weight is 290 g/mol. The number of methoxy groups -OCH3 is 1. The molecule has 0 radical (unpaired) electrons. The van der Waals surface area contributed by atoms with Gasteiger partial charge in [0.25, 0.3) is 0 Å². The van der Waals surface area contributed by atoms with Gasteiger partial charge in [-0.3, -0.25) is 4.79 Å². The van der Waals surface area contributed by atoms with E-state index in [1.54, 1.807) is 12.0 Å². The lowest BCUT2D eigenvalue weighted by molar-refractivity contribution is -0.136. The number of ether oxygens (including phenoxy) is 1. The first-order chi connectivity index (χ1) is 10.1. The molecule has 0 saturated carbocycles. The molecule has 2 N–H and O–H groups in total. The van der Waals surface area contributed by atoms with Crippen molar-refractivity contribution in [3.8, 4) is 5.75 Å². The number of carboxylic acids is 1. The first-order valence-corrected chi connectivity index (χ1v) is 6.68. The molecule has 0 aromatic heterocycles. The fraction of sp³-hybridized carbons (Fsp3) is 0.333. The zero-order chi connectivity index (χ0) is 15.2. The van der Waals surface area contributed by atoms with Gasteiger partial charge >= 0.3 is 12.0 Å². The summed E-state index contributed by atoms with van der Waals surface area (Å²) >= 11 is 0. The third-order valence-corrected chi connectivity index (χ3v) is 3.26. The van der Waals surface area contributed by atoms with E-state index in [0.717, 1.165) is 16.9 Å². The predicted molar refractivity (Wildman–Crippen MR) is 78.2 cm³/mol. The highest BCUT2D eigenvalue weighted by Crippen LogP contribution is 2.24. The third-order valence-electron chi connectivity index (χ3n) is 3.26. The van der Waals surface area contributed by atoms with E-state index in [-0.39, 0.29) is 19.0 Å². The highest BCUT2D eigenvalue weighted by molar-refractivity contribution is 5.81. The fourth-order valence-electron chi connectivity index (χ4n) is 2.13. The van der Waals surface area contributed by atoms with Gasteiger partial charge in [0.2, 0.25) is 0 Å². The molecule has 1 aliphatic rings. The van der Waals surface area contributed by atoms with Gasteiger partial charge < -0.3 is 20.1 Å². The number of aliphatic carboxylic acids is 1. The highest BCUT2D eigenvalue weighted by atomic mass is 16.5. The van der Waals surface area contributed by atoms with Crippen LogP contribution in [0.4, 0.5) is 4.79 Å². The zero-order valence-corrected chi connectivity index (χ0v) is 11.8. The van der Waals surface area contributed by atoms with Gasteiger partial charge in [-0.1, -0.05) is 18.2 Å². The predicted octanol–water partition coefficient (Wildman–Crippen LogP) is 1.58. The van der Waals surface area contributed by atoms with E-state index in [2.05, 4.69) is 5.32 Å². The second kappa shape index (κ2) is 6.78. The molecule has 2 amide bonds. The molecule has 6 heteroatoms. The normalized spacial score (nSPS) is 13.8. The molecule has 1 aromatic carbocycles. The number of hydrogen-bond donors (Lipinski definition) is 2. The Hall–Kier alpha value is -2.50. The molecule has 0 unspecified atom stereocenters. The summed E-state index contributed by atoms with van der Waals surface area (Å²) in [5, 5.41) is 11.1. The molecule has 1 aliphatic heterocycles. The quantitative estimate of drug-likeness (QED) is 0.863. The lowest BCUT2D eigenvalue weighted by atomic mass is 10.1. The topological polar surface area (TPSA) is 78.9 Å². The van der Waals surface area contributed by atoms with Crippen LogP contribution in [0.5, 0.6) is 5.75 Å². The van der Waals surface area contributed by atoms with Gasteiger partial charge in [-0.05, 0) is 23.3 Å². The van der Waals surface area contributed by atoms with Crippen molar-refractivity contribution in [2.24, 2.45) is 0 Å². The number of nitrogens with one attached hydrogen (secondary N) is 1. The van der Waals surface area contributed by atoms with Crippen molar-refractivity contribution in [3.63, 3.8) is 0 Å². The van der Waals surface area contributed by atoms with Gasteiger partial charge in [-0.2, -0.15) is 0 Å². The van der Waals surface area contributed by atoms with Crippen molar-refractivity contribution in [1.29, 1.82) is 0 Å². The summed E-state index contributed by atoms with van der Waals surface area (Å²) in [6, 6.07) is 7.43. The Morgan fingerprint density at radius 1 is 1.43 bits per heavy atom. The molecule has 6 nitrogen and oxygen atoms in total. The first kappa shape index (κ1) is 14.9. The average Bonchev–Trinajstić information content (AvgIpc) is 2.97. The Morgan fingerprint density at radius 2 is 2.24 bits per heavy atom. The number of carbonyl (C=O) groups is 2. The van der Waals surface area contributed by atoms with Crippen LogP contribution in [0.2, 0.25) is 0 Å². The van der Waals surface area contributed by atoms with Crippen molar-refractivity contribution in [2.75, 3.05) is 26.7 Å². The Morgan fingerprint density at radius 3 is 2.95 bits per heavy atom. The maximum atomic E-state index is 11.9. The second-order valence-corrected chi connectivity index (χ2v) is 4.72. The standard InChI is InChI=1S/C15H18N2O4/c1-21-13-4-2-3-11(9-13)12-6-8-17(10-12)15(20)16-7-5-14(18)19/h2-4,6,9H,5,7-8,10H2,1H3,(H,16,20)(H,18,19). The molecule has 2 rings (SSSR count). The van der Waals surface area contributed by atoms with E-state index in [0.29, 0.717) is 13.1 Å². The Balaban J connectivity index is 1.90. The van der Waals surface area contributed by atoms with Crippen molar-refractivity contribution < 1.29 is 19.4 Å². The minimum absolute atomic E-state index is 0.0737. The molecule has 21 heavy (non-hydrogen) atoms. The van der Waals surface area contributed by atoms with E-state index in [4.69, 9.17) is 9.84 Å².